The van der Waals surface area contributed by atoms with Crippen molar-refractivity contribution in [3.8, 4) is 0 Å². The van der Waals surface area contributed by atoms with Gasteiger partial charge in [-0.15, -0.1) is 0 Å². The molecule has 6 heteroatoms. The van der Waals surface area contributed by atoms with Gasteiger partial charge in [0.05, 0.1) is 25.4 Å². The Labute approximate surface area is 481 Å². The van der Waals surface area contributed by atoms with E-state index in [1.54, 1.807) is 6.08 Å². The number of rotatable bonds is 66. The molecule has 0 aromatic carbocycles. The maximum Gasteiger partial charge on any atom is 0.305 e. The van der Waals surface area contributed by atoms with Crippen molar-refractivity contribution < 1.29 is 24.5 Å². The lowest BCUT2D eigenvalue weighted by Crippen LogP contribution is -2.45. The third-order valence-corrected chi connectivity index (χ3v) is 16.5. The zero-order valence-electron chi connectivity index (χ0n) is 52.2. The highest BCUT2D eigenvalue weighted by Gasteiger charge is 2.18. The molecule has 0 rings (SSSR count). The molecule has 1 amide bonds. The number of hydrogen-bond acceptors (Lipinski definition) is 5. The van der Waals surface area contributed by atoms with Crippen LogP contribution >= 0.6 is 0 Å². The lowest BCUT2D eigenvalue weighted by molar-refractivity contribution is -0.143. The summed E-state index contributed by atoms with van der Waals surface area (Å²) in [6.07, 6.45) is 84.1. The normalized spacial score (nSPS) is 12.6. The molecule has 0 aliphatic heterocycles. The van der Waals surface area contributed by atoms with Crippen LogP contribution in [0, 0.1) is 0 Å². The number of aliphatic hydroxyl groups excluding tert-OH is 2. The molecule has 0 saturated heterocycles. The van der Waals surface area contributed by atoms with Gasteiger partial charge in [0, 0.05) is 12.8 Å². The van der Waals surface area contributed by atoms with Gasteiger partial charge < -0.3 is 20.3 Å². The van der Waals surface area contributed by atoms with Gasteiger partial charge in [0.1, 0.15) is 0 Å². The first-order valence-corrected chi connectivity index (χ1v) is 35.1. The lowest BCUT2D eigenvalue weighted by Gasteiger charge is -2.20. The van der Waals surface area contributed by atoms with Gasteiger partial charge in [0.25, 0.3) is 0 Å². The van der Waals surface area contributed by atoms with Crippen molar-refractivity contribution in [2.24, 2.45) is 0 Å². The van der Waals surface area contributed by atoms with Crippen LogP contribution in [-0.4, -0.2) is 47.4 Å². The van der Waals surface area contributed by atoms with Crippen molar-refractivity contribution in [1.29, 1.82) is 0 Å². The molecule has 0 aromatic heterocycles. The van der Waals surface area contributed by atoms with E-state index in [1.165, 1.54) is 327 Å². The molecule has 77 heavy (non-hydrogen) atoms. The summed E-state index contributed by atoms with van der Waals surface area (Å²) in [7, 11) is 0. The molecule has 2 unspecified atom stereocenters. The second-order valence-corrected chi connectivity index (χ2v) is 24.2. The van der Waals surface area contributed by atoms with Crippen LogP contribution in [0.3, 0.4) is 0 Å². The van der Waals surface area contributed by atoms with E-state index in [0.29, 0.717) is 19.4 Å². The van der Waals surface area contributed by atoms with Crippen LogP contribution in [0.15, 0.2) is 24.3 Å². The predicted octanol–water partition coefficient (Wildman–Crippen LogP) is 22.5. The smallest absolute Gasteiger partial charge is 0.305 e. The zero-order chi connectivity index (χ0) is 55.7. The van der Waals surface area contributed by atoms with Gasteiger partial charge in [-0.05, 0) is 57.8 Å². The topological polar surface area (TPSA) is 95.9 Å². The van der Waals surface area contributed by atoms with E-state index >= 15 is 0 Å². The van der Waals surface area contributed by atoms with Crippen molar-refractivity contribution in [2.75, 3.05) is 13.2 Å². The van der Waals surface area contributed by atoms with E-state index in [4.69, 9.17) is 4.74 Å². The molecular formula is C71H137NO5. The number of allylic oxidation sites excluding steroid dienone is 3. The van der Waals surface area contributed by atoms with Gasteiger partial charge in [-0.1, -0.05) is 346 Å². The fourth-order valence-electron chi connectivity index (χ4n) is 11.1. The van der Waals surface area contributed by atoms with Crippen LogP contribution in [0.5, 0.6) is 0 Å². The molecule has 0 spiro atoms. The number of nitrogens with one attached hydrogen (secondary N) is 1. The Balaban J connectivity index is 3.35. The molecule has 0 bridgehead atoms. The quantitative estimate of drug-likeness (QED) is 0.0320. The van der Waals surface area contributed by atoms with Crippen LogP contribution in [0.4, 0.5) is 0 Å². The van der Waals surface area contributed by atoms with E-state index in [2.05, 4.69) is 31.3 Å². The van der Waals surface area contributed by atoms with Crippen molar-refractivity contribution in [3.05, 3.63) is 24.3 Å². The third kappa shape index (κ3) is 63.4. The van der Waals surface area contributed by atoms with Gasteiger partial charge in [0.15, 0.2) is 0 Å². The predicted molar refractivity (Wildman–Crippen MR) is 338 cm³/mol. The maximum absolute atomic E-state index is 12.5. The van der Waals surface area contributed by atoms with E-state index in [-0.39, 0.29) is 18.5 Å². The minimum Gasteiger partial charge on any atom is -0.466 e. The molecule has 3 N–H and O–H groups in total. The molecule has 0 radical (unpaired) electrons. The lowest BCUT2D eigenvalue weighted by atomic mass is 10.0. The number of amides is 1. The van der Waals surface area contributed by atoms with Crippen LogP contribution in [0.2, 0.25) is 0 Å². The van der Waals surface area contributed by atoms with Gasteiger partial charge in [-0.2, -0.15) is 0 Å². The van der Waals surface area contributed by atoms with E-state index < -0.39 is 12.1 Å². The van der Waals surface area contributed by atoms with E-state index in [0.717, 1.165) is 38.5 Å². The van der Waals surface area contributed by atoms with E-state index in [9.17, 15) is 19.8 Å². The van der Waals surface area contributed by atoms with Gasteiger partial charge in [-0.25, -0.2) is 0 Å². The average molecular weight is 1080 g/mol. The second-order valence-electron chi connectivity index (χ2n) is 24.2. The summed E-state index contributed by atoms with van der Waals surface area (Å²) in [5.74, 6) is -0.0423. The third-order valence-electron chi connectivity index (χ3n) is 16.5. The minimum atomic E-state index is -0.841. The van der Waals surface area contributed by atoms with Crippen molar-refractivity contribution >= 4 is 11.9 Å². The maximum atomic E-state index is 12.5. The Bertz CT molecular complexity index is 1200. The highest BCUT2D eigenvalue weighted by atomic mass is 16.5. The first-order chi connectivity index (χ1) is 38.0. The largest absolute Gasteiger partial charge is 0.466 e. The summed E-state index contributed by atoms with van der Waals surface area (Å²) < 4.78 is 5.49. The first kappa shape index (κ1) is 75.3. The second kappa shape index (κ2) is 66.8. The van der Waals surface area contributed by atoms with Crippen molar-refractivity contribution in [1.82, 2.24) is 5.32 Å². The first-order valence-electron chi connectivity index (χ1n) is 35.1. The molecule has 0 aliphatic carbocycles. The SMILES string of the molecule is CCCCCCCCCCCCCC/C=C/C(O)C(CO)NC(=O)CCCCCCCCCCCCCCCCCCC/C=C\CCCCCCCCCCCCCCOC(=O)CCCCCCCCCCCCCCC. The summed E-state index contributed by atoms with van der Waals surface area (Å²) in [4.78, 5) is 24.5. The Morgan fingerprint density at radius 3 is 0.922 bits per heavy atom. The van der Waals surface area contributed by atoms with Gasteiger partial charge in [-0.3, -0.25) is 9.59 Å². The molecule has 2 atom stereocenters. The molecule has 456 valence electrons. The van der Waals surface area contributed by atoms with Crippen LogP contribution in [0.1, 0.15) is 393 Å². The highest BCUT2D eigenvalue weighted by molar-refractivity contribution is 5.76. The number of ether oxygens (including phenoxy) is 1. The summed E-state index contributed by atoms with van der Waals surface area (Å²) >= 11 is 0. The molecule has 0 saturated carbocycles. The van der Waals surface area contributed by atoms with Crippen LogP contribution in [-0.2, 0) is 14.3 Å². The molecule has 0 aromatic rings. The molecule has 0 heterocycles. The standard InChI is InChI=1S/C71H137NO5/c1-3-5-7-9-11-13-15-17-40-43-47-51-55-59-63-69(74)68(67-73)72-70(75)64-60-56-52-48-44-41-37-35-33-31-29-27-25-23-21-19-18-20-22-24-26-28-30-32-34-36-38-42-46-50-54-58-62-66-77-71(76)65-61-57-53-49-45-39-16-14-12-10-8-6-4-2/h22,24,59,63,68-69,73-74H,3-21,23,25-58,60-62,64-67H2,1-2H3,(H,72,75)/b24-22-,63-59+. The Morgan fingerprint density at radius 1 is 0.351 bits per heavy atom. The summed E-state index contributed by atoms with van der Waals surface area (Å²) in [5, 5.41) is 23.1. The Kier molecular flexibility index (Phi) is 65.4. The fourth-order valence-corrected chi connectivity index (χ4v) is 11.1. The molecule has 0 fully saturated rings. The Morgan fingerprint density at radius 2 is 0.610 bits per heavy atom. The van der Waals surface area contributed by atoms with Crippen molar-refractivity contribution in [2.45, 2.75) is 405 Å². The van der Waals surface area contributed by atoms with E-state index in [1.807, 2.05) is 6.08 Å². The summed E-state index contributed by atoms with van der Waals surface area (Å²) in [5.41, 5.74) is 0. The number of aliphatic hydroxyl groups is 2. The molecule has 0 aliphatic rings. The van der Waals surface area contributed by atoms with Gasteiger partial charge in [0.2, 0.25) is 5.91 Å². The number of carbonyl (C=O) groups is 2. The molecule has 6 nitrogen and oxygen atoms in total. The number of carbonyl (C=O) groups excluding carboxylic acids is 2. The average Bonchev–Trinajstić information content (AvgIpc) is 3.43. The highest BCUT2D eigenvalue weighted by Crippen LogP contribution is 2.19. The van der Waals surface area contributed by atoms with Crippen LogP contribution < -0.4 is 5.32 Å². The minimum absolute atomic E-state index is 0.0205. The summed E-state index contributed by atoms with van der Waals surface area (Å²) in [6.45, 7) is 4.93. The Hall–Kier alpha value is -1.66. The van der Waals surface area contributed by atoms with Gasteiger partial charge >= 0.3 is 5.97 Å². The zero-order valence-corrected chi connectivity index (χ0v) is 52.2. The van der Waals surface area contributed by atoms with Crippen molar-refractivity contribution in [3.63, 3.8) is 0 Å². The summed E-state index contributed by atoms with van der Waals surface area (Å²) in [6, 6.07) is -0.624. The number of hydrogen-bond donors (Lipinski definition) is 3. The number of esters is 1. The monoisotopic (exact) mass is 1080 g/mol. The van der Waals surface area contributed by atoms with Crippen LogP contribution in [0.25, 0.3) is 0 Å². The molecular weight excluding hydrogens is 947 g/mol. The number of unbranched alkanes of at least 4 members (excludes halogenated alkanes) is 53. The fraction of sp³-hybridized carbons (Fsp3) is 0.915.